The summed E-state index contributed by atoms with van der Waals surface area (Å²) in [4.78, 5) is 16.7. The Morgan fingerprint density at radius 2 is 1.43 bits per heavy atom. The van der Waals surface area contributed by atoms with Gasteiger partial charge in [0.2, 0.25) is 0 Å². The minimum atomic E-state index is 0.0907. The van der Waals surface area contributed by atoms with E-state index in [4.69, 9.17) is 0 Å². The van der Waals surface area contributed by atoms with Gasteiger partial charge >= 0.3 is 0 Å². The Morgan fingerprint density at radius 3 is 2.17 bits per heavy atom. The summed E-state index contributed by atoms with van der Waals surface area (Å²) in [5.41, 5.74) is 2.67. The lowest BCUT2D eigenvalue weighted by Crippen LogP contribution is -2.49. The van der Waals surface area contributed by atoms with Crippen molar-refractivity contribution < 1.29 is 4.79 Å². The summed E-state index contributed by atoms with van der Waals surface area (Å²) < 4.78 is 0. The fourth-order valence-electron chi connectivity index (χ4n) is 3.90. The van der Waals surface area contributed by atoms with E-state index < -0.39 is 0 Å². The molecule has 5 nitrogen and oxygen atoms in total. The van der Waals surface area contributed by atoms with Gasteiger partial charge in [-0.3, -0.25) is 4.79 Å². The Kier molecular flexibility index (Phi) is 4.85. The van der Waals surface area contributed by atoms with E-state index in [-0.39, 0.29) is 5.91 Å². The number of piperazine rings is 1. The number of benzene rings is 3. The van der Waals surface area contributed by atoms with E-state index in [1.807, 2.05) is 59.5 Å². The van der Waals surface area contributed by atoms with Crippen LogP contribution in [-0.2, 0) is 0 Å². The molecule has 0 spiro atoms. The molecule has 3 aromatic carbocycles. The average Bonchev–Trinajstić information content (AvgIpc) is 2.84. The number of amides is 1. The van der Waals surface area contributed by atoms with Crippen LogP contribution in [0.3, 0.4) is 0 Å². The van der Waals surface area contributed by atoms with E-state index in [2.05, 4.69) is 45.4 Å². The second-order valence-electron chi connectivity index (χ2n) is 7.48. The number of carbonyl (C=O) groups is 1. The largest absolute Gasteiger partial charge is 0.352 e. The van der Waals surface area contributed by atoms with E-state index in [1.54, 1.807) is 0 Å². The van der Waals surface area contributed by atoms with Crippen molar-refractivity contribution in [2.24, 2.45) is 0 Å². The molecular weight excluding hydrogens is 372 g/mol. The third kappa shape index (κ3) is 3.62. The Balaban J connectivity index is 1.26. The van der Waals surface area contributed by atoms with Crippen molar-refractivity contribution in [3.05, 3.63) is 90.5 Å². The first kappa shape index (κ1) is 18.3. The minimum absolute atomic E-state index is 0.0907. The molecule has 5 rings (SSSR count). The maximum atomic E-state index is 12.6. The highest BCUT2D eigenvalue weighted by Gasteiger charge is 2.23. The second-order valence-corrected chi connectivity index (χ2v) is 7.48. The molecule has 0 saturated carbocycles. The lowest BCUT2D eigenvalue weighted by molar-refractivity contribution is 0.0746. The summed E-state index contributed by atoms with van der Waals surface area (Å²) in [6.07, 6.45) is 0. The van der Waals surface area contributed by atoms with E-state index in [1.165, 1.54) is 10.8 Å². The van der Waals surface area contributed by atoms with Crippen LogP contribution in [0.15, 0.2) is 84.9 Å². The van der Waals surface area contributed by atoms with Crippen molar-refractivity contribution in [3.63, 3.8) is 0 Å². The topological polar surface area (TPSA) is 49.3 Å². The molecule has 0 radical (unpaired) electrons. The number of fused-ring (bicyclic) bond motifs is 1. The van der Waals surface area contributed by atoms with Crippen LogP contribution in [0.4, 0.5) is 5.82 Å². The first-order valence-electron chi connectivity index (χ1n) is 10.2. The number of aromatic nitrogens is 2. The van der Waals surface area contributed by atoms with Gasteiger partial charge in [-0.25, -0.2) is 0 Å². The Morgan fingerprint density at radius 1 is 0.700 bits per heavy atom. The maximum absolute atomic E-state index is 12.6. The van der Waals surface area contributed by atoms with Crippen LogP contribution >= 0.6 is 0 Å². The van der Waals surface area contributed by atoms with Crippen molar-refractivity contribution in [3.8, 4) is 11.3 Å². The minimum Gasteiger partial charge on any atom is -0.352 e. The lowest BCUT2D eigenvalue weighted by Gasteiger charge is -2.35. The molecule has 1 amide bonds. The summed E-state index contributed by atoms with van der Waals surface area (Å²) in [5, 5.41) is 11.3. The quantitative estimate of drug-likeness (QED) is 0.521. The molecule has 0 unspecified atom stereocenters. The maximum Gasteiger partial charge on any atom is 0.253 e. The zero-order chi connectivity index (χ0) is 20.3. The zero-order valence-electron chi connectivity index (χ0n) is 16.6. The highest BCUT2D eigenvalue weighted by atomic mass is 16.2. The van der Waals surface area contributed by atoms with Gasteiger partial charge in [0.1, 0.15) is 0 Å². The molecule has 1 aliphatic heterocycles. The summed E-state index contributed by atoms with van der Waals surface area (Å²) >= 11 is 0. The van der Waals surface area contributed by atoms with Crippen molar-refractivity contribution in [1.82, 2.24) is 15.1 Å². The summed E-state index contributed by atoms with van der Waals surface area (Å²) in [6.45, 7) is 2.87. The Hall–Kier alpha value is -3.73. The number of rotatable bonds is 3. The van der Waals surface area contributed by atoms with Gasteiger partial charge in [0, 0.05) is 37.3 Å². The summed E-state index contributed by atoms with van der Waals surface area (Å²) in [6, 6.07) is 28.1. The molecule has 148 valence electrons. The van der Waals surface area contributed by atoms with E-state index in [0.29, 0.717) is 13.1 Å². The van der Waals surface area contributed by atoms with E-state index in [0.717, 1.165) is 35.7 Å². The van der Waals surface area contributed by atoms with Crippen molar-refractivity contribution in [2.75, 3.05) is 31.1 Å². The molecule has 5 heteroatoms. The lowest BCUT2D eigenvalue weighted by atomic mass is 10.1. The van der Waals surface area contributed by atoms with E-state index >= 15 is 0 Å². The third-order valence-electron chi connectivity index (χ3n) is 5.61. The van der Waals surface area contributed by atoms with Crippen LogP contribution in [0, 0.1) is 0 Å². The first-order chi connectivity index (χ1) is 14.8. The molecule has 2 heterocycles. The smallest absolute Gasteiger partial charge is 0.253 e. The van der Waals surface area contributed by atoms with Gasteiger partial charge in [0.05, 0.1) is 5.69 Å². The standard InChI is InChI=1S/C25H22N4O/c30-25(20-7-2-1-3-8-20)29-16-14-28(15-17-29)24-13-12-23(26-27-24)22-11-10-19-6-4-5-9-21(19)18-22/h1-13,18H,14-17H2. The van der Waals surface area contributed by atoms with Crippen LogP contribution in [0.5, 0.6) is 0 Å². The number of hydrogen-bond acceptors (Lipinski definition) is 4. The highest BCUT2D eigenvalue weighted by Crippen LogP contribution is 2.24. The molecule has 1 aromatic heterocycles. The van der Waals surface area contributed by atoms with Crippen molar-refractivity contribution in [2.45, 2.75) is 0 Å². The van der Waals surface area contributed by atoms with Crippen LogP contribution in [0.2, 0.25) is 0 Å². The molecule has 0 bridgehead atoms. The molecule has 0 atom stereocenters. The van der Waals surface area contributed by atoms with Gasteiger partial charge in [-0.2, -0.15) is 0 Å². The van der Waals surface area contributed by atoms with Crippen LogP contribution < -0.4 is 4.90 Å². The molecule has 0 aliphatic carbocycles. The Bertz CT molecular complexity index is 1170. The molecule has 4 aromatic rings. The summed E-state index contributed by atoms with van der Waals surface area (Å²) in [7, 11) is 0. The average molecular weight is 394 g/mol. The predicted molar refractivity (Wildman–Crippen MR) is 120 cm³/mol. The van der Waals surface area contributed by atoms with Crippen LogP contribution in [0.1, 0.15) is 10.4 Å². The van der Waals surface area contributed by atoms with E-state index in [9.17, 15) is 4.79 Å². The fourth-order valence-corrected chi connectivity index (χ4v) is 3.90. The van der Waals surface area contributed by atoms with Gasteiger partial charge in [0.25, 0.3) is 5.91 Å². The zero-order valence-corrected chi connectivity index (χ0v) is 16.6. The van der Waals surface area contributed by atoms with Gasteiger partial charge in [0.15, 0.2) is 5.82 Å². The molecule has 1 saturated heterocycles. The monoisotopic (exact) mass is 394 g/mol. The van der Waals surface area contributed by atoms with Gasteiger partial charge in [-0.1, -0.05) is 54.6 Å². The molecule has 1 fully saturated rings. The molecule has 1 aliphatic rings. The van der Waals surface area contributed by atoms with Gasteiger partial charge in [-0.15, -0.1) is 10.2 Å². The second kappa shape index (κ2) is 7.95. The van der Waals surface area contributed by atoms with Crippen LogP contribution in [0.25, 0.3) is 22.0 Å². The summed E-state index contributed by atoms with van der Waals surface area (Å²) in [5.74, 6) is 0.944. The highest BCUT2D eigenvalue weighted by molar-refractivity contribution is 5.94. The first-order valence-corrected chi connectivity index (χ1v) is 10.2. The predicted octanol–water partition coefficient (Wildman–Crippen LogP) is 4.26. The fraction of sp³-hybridized carbons (Fsp3) is 0.160. The third-order valence-corrected chi connectivity index (χ3v) is 5.61. The normalized spacial score (nSPS) is 14.1. The number of carbonyl (C=O) groups excluding carboxylic acids is 1. The Labute approximate surface area is 175 Å². The number of nitrogens with zero attached hydrogens (tertiary/aromatic N) is 4. The van der Waals surface area contributed by atoms with Gasteiger partial charge in [-0.05, 0) is 41.1 Å². The van der Waals surface area contributed by atoms with Crippen molar-refractivity contribution >= 4 is 22.5 Å². The molecule has 0 N–H and O–H groups in total. The van der Waals surface area contributed by atoms with Gasteiger partial charge < -0.3 is 9.80 Å². The number of hydrogen-bond donors (Lipinski definition) is 0. The van der Waals surface area contributed by atoms with Crippen molar-refractivity contribution in [1.29, 1.82) is 0 Å². The van der Waals surface area contributed by atoms with Crippen LogP contribution in [-0.4, -0.2) is 47.2 Å². The SMILES string of the molecule is O=C(c1ccccc1)N1CCN(c2ccc(-c3ccc4ccccc4c3)nn2)CC1. The molecule has 30 heavy (non-hydrogen) atoms. The number of anilines is 1. The molecular formula is C25H22N4O.